The molecule has 1 fully saturated rings. The standard InChI is InChI=1S/C12H20N2S/c1-3-7-14-8-6-10(13)12(14)11-5-4-9(2)15-11/h4-5,10,12H,3,6-8,13H2,1-2H3. The molecule has 2 unspecified atom stereocenters. The summed E-state index contributed by atoms with van der Waals surface area (Å²) in [5.41, 5.74) is 6.21. The largest absolute Gasteiger partial charge is 0.326 e. The van der Waals surface area contributed by atoms with Crippen molar-refractivity contribution in [2.75, 3.05) is 13.1 Å². The van der Waals surface area contributed by atoms with Crippen LogP contribution in [-0.4, -0.2) is 24.0 Å². The third kappa shape index (κ3) is 2.25. The molecule has 0 bridgehead atoms. The van der Waals surface area contributed by atoms with Gasteiger partial charge in [-0.05, 0) is 38.4 Å². The van der Waals surface area contributed by atoms with E-state index in [-0.39, 0.29) is 0 Å². The first-order valence-electron chi connectivity index (χ1n) is 5.78. The number of nitrogens with zero attached hydrogens (tertiary/aromatic N) is 1. The van der Waals surface area contributed by atoms with Crippen molar-refractivity contribution in [2.45, 2.75) is 38.8 Å². The molecular formula is C12H20N2S. The molecule has 0 spiro atoms. The lowest BCUT2D eigenvalue weighted by Gasteiger charge is -2.25. The summed E-state index contributed by atoms with van der Waals surface area (Å²) in [7, 11) is 0. The minimum atomic E-state index is 0.328. The van der Waals surface area contributed by atoms with Crippen LogP contribution in [-0.2, 0) is 0 Å². The van der Waals surface area contributed by atoms with E-state index in [0.717, 1.165) is 13.0 Å². The van der Waals surface area contributed by atoms with Gasteiger partial charge in [0.15, 0.2) is 0 Å². The number of thiophene rings is 1. The lowest BCUT2D eigenvalue weighted by atomic mass is 10.1. The molecule has 0 radical (unpaired) electrons. The van der Waals surface area contributed by atoms with Gasteiger partial charge in [-0.25, -0.2) is 0 Å². The first-order valence-corrected chi connectivity index (χ1v) is 6.60. The summed E-state index contributed by atoms with van der Waals surface area (Å²) in [6.45, 7) is 6.74. The SMILES string of the molecule is CCCN1CCC(N)C1c1ccc(C)s1. The van der Waals surface area contributed by atoms with Gasteiger partial charge in [0, 0.05) is 22.3 Å². The Morgan fingerprint density at radius 3 is 2.93 bits per heavy atom. The second kappa shape index (κ2) is 4.64. The molecule has 3 heteroatoms. The van der Waals surface area contributed by atoms with E-state index in [1.807, 2.05) is 11.3 Å². The van der Waals surface area contributed by atoms with Crippen LogP contribution < -0.4 is 5.73 Å². The van der Waals surface area contributed by atoms with Gasteiger partial charge < -0.3 is 5.73 Å². The Morgan fingerprint density at radius 2 is 2.33 bits per heavy atom. The van der Waals surface area contributed by atoms with Crippen molar-refractivity contribution in [2.24, 2.45) is 5.73 Å². The van der Waals surface area contributed by atoms with Crippen molar-refractivity contribution in [3.05, 3.63) is 21.9 Å². The molecule has 1 aromatic heterocycles. The van der Waals surface area contributed by atoms with Gasteiger partial charge in [-0.15, -0.1) is 11.3 Å². The zero-order valence-corrected chi connectivity index (χ0v) is 10.4. The van der Waals surface area contributed by atoms with Crippen LogP contribution in [0, 0.1) is 6.92 Å². The van der Waals surface area contributed by atoms with Gasteiger partial charge in [-0.2, -0.15) is 0 Å². The van der Waals surface area contributed by atoms with Crippen LogP contribution in [0.2, 0.25) is 0 Å². The van der Waals surface area contributed by atoms with E-state index in [1.165, 1.54) is 22.7 Å². The molecular weight excluding hydrogens is 204 g/mol. The minimum absolute atomic E-state index is 0.328. The number of hydrogen-bond acceptors (Lipinski definition) is 3. The lowest BCUT2D eigenvalue weighted by Crippen LogP contribution is -2.31. The van der Waals surface area contributed by atoms with Crippen LogP contribution in [0.1, 0.15) is 35.6 Å². The summed E-state index contributed by atoms with van der Waals surface area (Å²) in [6, 6.07) is 5.26. The molecule has 2 atom stereocenters. The Labute approximate surface area is 96.1 Å². The van der Waals surface area contributed by atoms with E-state index in [1.54, 1.807) is 0 Å². The second-order valence-corrected chi connectivity index (χ2v) is 5.70. The first-order chi connectivity index (χ1) is 7.22. The third-order valence-corrected chi connectivity index (χ3v) is 4.18. The zero-order valence-electron chi connectivity index (χ0n) is 9.57. The highest BCUT2D eigenvalue weighted by atomic mass is 32.1. The van der Waals surface area contributed by atoms with Crippen molar-refractivity contribution in [3.63, 3.8) is 0 Å². The average molecular weight is 224 g/mol. The predicted octanol–water partition coefficient (Wildman–Crippen LogP) is 2.54. The van der Waals surface area contributed by atoms with E-state index in [9.17, 15) is 0 Å². The molecule has 0 saturated carbocycles. The van der Waals surface area contributed by atoms with Crippen LogP contribution >= 0.6 is 11.3 Å². The summed E-state index contributed by atoms with van der Waals surface area (Å²) in [5.74, 6) is 0. The number of aryl methyl sites for hydroxylation is 1. The van der Waals surface area contributed by atoms with Crippen molar-refractivity contribution < 1.29 is 0 Å². The molecule has 1 aromatic rings. The number of likely N-dealkylation sites (tertiary alicyclic amines) is 1. The fourth-order valence-electron chi connectivity index (χ4n) is 2.42. The van der Waals surface area contributed by atoms with Crippen LogP contribution in [0.4, 0.5) is 0 Å². The molecule has 2 heterocycles. The second-order valence-electron chi connectivity index (χ2n) is 4.38. The number of nitrogens with two attached hydrogens (primary N) is 1. The average Bonchev–Trinajstić information content (AvgIpc) is 2.74. The van der Waals surface area contributed by atoms with Crippen molar-refractivity contribution in [1.29, 1.82) is 0 Å². The van der Waals surface area contributed by atoms with Crippen LogP contribution in [0.5, 0.6) is 0 Å². The summed E-state index contributed by atoms with van der Waals surface area (Å²) in [4.78, 5) is 5.38. The quantitative estimate of drug-likeness (QED) is 0.855. The van der Waals surface area contributed by atoms with Crippen LogP contribution in [0.25, 0.3) is 0 Å². The summed E-state index contributed by atoms with van der Waals surface area (Å²) in [6.07, 6.45) is 2.36. The molecule has 2 N–H and O–H groups in total. The van der Waals surface area contributed by atoms with Gasteiger partial charge in [0.2, 0.25) is 0 Å². The van der Waals surface area contributed by atoms with Gasteiger partial charge in [0.05, 0.1) is 6.04 Å². The minimum Gasteiger partial charge on any atom is -0.326 e. The summed E-state index contributed by atoms with van der Waals surface area (Å²) < 4.78 is 0. The molecule has 15 heavy (non-hydrogen) atoms. The smallest absolute Gasteiger partial charge is 0.0594 e. The first kappa shape index (κ1) is 11.1. The van der Waals surface area contributed by atoms with Crippen LogP contribution in [0.15, 0.2) is 12.1 Å². The Bertz CT molecular complexity index is 319. The molecule has 2 rings (SSSR count). The lowest BCUT2D eigenvalue weighted by molar-refractivity contribution is 0.251. The van der Waals surface area contributed by atoms with Gasteiger partial charge in [0.25, 0.3) is 0 Å². The molecule has 84 valence electrons. The maximum atomic E-state index is 6.21. The Hall–Kier alpha value is -0.380. The van der Waals surface area contributed by atoms with Gasteiger partial charge >= 0.3 is 0 Å². The maximum absolute atomic E-state index is 6.21. The van der Waals surface area contributed by atoms with Crippen LogP contribution in [0.3, 0.4) is 0 Å². The molecule has 1 aliphatic rings. The van der Waals surface area contributed by atoms with E-state index in [4.69, 9.17) is 5.73 Å². The normalized spacial score (nSPS) is 27.4. The van der Waals surface area contributed by atoms with Crippen molar-refractivity contribution in [3.8, 4) is 0 Å². The fourth-order valence-corrected chi connectivity index (χ4v) is 3.51. The fraction of sp³-hybridized carbons (Fsp3) is 0.667. The Morgan fingerprint density at radius 1 is 1.53 bits per heavy atom. The van der Waals surface area contributed by atoms with E-state index in [2.05, 4.69) is 30.9 Å². The number of hydrogen-bond donors (Lipinski definition) is 1. The van der Waals surface area contributed by atoms with E-state index in [0.29, 0.717) is 12.1 Å². The van der Waals surface area contributed by atoms with Gasteiger partial charge in [0.1, 0.15) is 0 Å². The molecule has 0 aliphatic carbocycles. The van der Waals surface area contributed by atoms with Crippen molar-refractivity contribution in [1.82, 2.24) is 4.90 Å². The molecule has 1 aliphatic heterocycles. The summed E-state index contributed by atoms with van der Waals surface area (Å²) >= 11 is 1.90. The number of rotatable bonds is 3. The highest BCUT2D eigenvalue weighted by molar-refractivity contribution is 7.12. The third-order valence-electron chi connectivity index (χ3n) is 3.11. The van der Waals surface area contributed by atoms with E-state index < -0.39 is 0 Å². The van der Waals surface area contributed by atoms with Crippen molar-refractivity contribution >= 4 is 11.3 Å². The molecule has 0 aromatic carbocycles. The monoisotopic (exact) mass is 224 g/mol. The van der Waals surface area contributed by atoms with E-state index >= 15 is 0 Å². The zero-order chi connectivity index (χ0) is 10.8. The highest BCUT2D eigenvalue weighted by Gasteiger charge is 2.32. The maximum Gasteiger partial charge on any atom is 0.0594 e. The molecule has 1 saturated heterocycles. The topological polar surface area (TPSA) is 29.3 Å². The summed E-state index contributed by atoms with van der Waals surface area (Å²) in [5, 5.41) is 0. The predicted molar refractivity (Wildman–Crippen MR) is 66.3 cm³/mol. The molecule has 2 nitrogen and oxygen atoms in total. The Kier molecular flexibility index (Phi) is 3.44. The highest BCUT2D eigenvalue weighted by Crippen LogP contribution is 2.34. The van der Waals surface area contributed by atoms with Gasteiger partial charge in [-0.3, -0.25) is 4.90 Å². The van der Waals surface area contributed by atoms with Gasteiger partial charge in [-0.1, -0.05) is 6.92 Å². The molecule has 0 amide bonds. The Balaban J connectivity index is 2.17.